The van der Waals surface area contributed by atoms with Crippen LogP contribution in [0.5, 0.6) is 5.75 Å². The molecular weight excluding hydrogens is 389 g/mol. The predicted octanol–water partition coefficient (Wildman–Crippen LogP) is 3.41. The fourth-order valence-corrected chi connectivity index (χ4v) is 3.08. The van der Waals surface area contributed by atoms with Crippen molar-refractivity contribution >= 4 is 34.2 Å². The molecule has 2 N–H and O–H groups in total. The van der Waals surface area contributed by atoms with Crippen molar-refractivity contribution in [3.8, 4) is 5.75 Å². The lowest BCUT2D eigenvalue weighted by Crippen LogP contribution is -2.34. The Morgan fingerprint density at radius 3 is 2.79 bits per heavy atom. The van der Waals surface area contributed by atoms with Gasteiger partial charge < -0.3 is 19.9 Å². The largest absolute Gasteiger partial charge is 0.479 e. The van der Waals surface area contributed by atoms with E-state index in [2.05, 4.69) is 15.6 Å². The van der Waals surface area contributed by atoms with E-state index in [1.165, 1.54) is 24.3 Å². The van der Waals surface area contributed by atoms with Crippen molar-refractivity contribution in [1.29, 1.82) is 0 Å². The van der Waals surface area contributed by atoms with Gasteiger partial charge in [0.1, 0.15) is 12.3 Å². The second kappa shape index (κ2) is 6.80. The van der Waals surface area contributed by atoms with Gasteiger partial charge in [0.15, 0.2) is 6.10 Å². The highest BCUT2D eigenvalue weighted by molar-refractivity contribution is 5.99. The summed E-state index contributed by atoms with van der Waals surface area (Å²) >= 11 is 0. The van der Waals surface area contributed by atoms with Gasteiger partial charge in [0.2, 0.25) is 11.7 Å². The minimum atomic E-state index is -4.70. The van der Waals surface area contributed by atoms with E-state index in [0.29, 0.717) is 17.1 Å². The second-order valence-corrected chi connectivity index (χ2v) is 6.52. The van der Waals surface area contributed by atoms with Crippen molar-refractivity contribution in [1.82, 2.24) is 9.55 Å². The Morgan fingerprint density at radius 2 is 2.03 bits per heavy atom. The van der Waals surface area contributed by atoms with Crippen LogP contribution in [0, 0.1) is 0 Å². The third-order valence-corrected chi connectivity index (χ3v) is 4.40. The molecule has 0 fully saturated rings. The molecule has 0 unspecified atom stereocenters. The zero-order valence-corrected chi connectivity index (χ0v) is 15.1. The summed E-state index contributed by atoms with van der Waals surface area (Å²) in [4.78, 5) is 27.8. The summed E-state index contributed by atoms with van der Waals surface area (Å²) in [5, 5.41) is 5.18. The Morgan fingerprint density at radius 1 is 1.28 bits per heavy atom. The van der Waals surface area contributed by atoms with Crippen molar-refractivity contribution in [2.45, 2.75) is 25.7 Å². The number of imidazole rings is 1. The van der Waals surface area contributed by atoms with Gasteiger partial charge in [-0.3, -0.25) is 9.59 Å². The number of amides is 2. The monoisotopic (exact) mass is 404 g/mol. The Labute approximate surface area is 162 Å². The van der Waals surface area contributed by atoms with E-state index in [0.717, 1.165) is 4.57 Å². The third kappa shape index (κ3) is 3.60. The number of fused-ring (bicyclic) bond motifs is 2. The maximum atomic E-state index is 13.4. The third-order valence-electron chi connectivity index (χ3n) is 4.40. The molecule has 2 heterocycles. The number of hydrogen-bond donors (Lipinski definition) is 2. The molecule has 2 aromatic carbocycles. The van der Waals surface area contributed by atoms with Crippen molar-refractivity contribution in [2.24, 2.45) is 0 Å². The van der Waals surface area contributed by atoms with Crippen LogP contribution in [0.4, 0.5) is 24.5 Å². The van der Waals surface area contributed by atoms with Crippen LogP contribution in [-0.2, 0) is 22.3 Å². The van der Waals surface area contributed by atoms with E-state index < -0.39 is 30.6 Å². The maximum absolute atomic E-state index is 13.4. The first-order valence-corrected chi connectivity index (χ1v) is 8.66. The van der Waals surface area contributed by atoms with Gasteiger partial charge in [-0.15, -0.1) is 0 Å². The summed E-state index contributed by atoms with van der Waals surface area (Å²) < 4.78 is 46.3. The zero-order chi connectivity index (χ0) is 20.8. The Kier molecular flexibility index (Phi) is 4.40. The summed E-state index contributed by atoms with van der Waals surface area (Å²) in [6.45, 7) is 1.02. The molecule has 0 saturated carbocycles. The van der Waals surface area contributed by atoms with Gasteiger partial charge >= 0.3 is 6.18 Å². The average Bonchev–Trinajstić information content (AvgIpc) is 3.02. The van der Waals surface area contributed by atoms with Gasteiger partial charge in [-0.05, 0) is 37.3 Å². The summed E-state index contributed by atoms with van der Waals surface area (Å²) in [5.74, 6) is -1.71. The summed E-state index contributed by atoms with van der Waals surface area (Å²) in [6, 6.07) is 10.7. The topological polar surface area (TPSA) is 85.2 Å². The number of ether oxygens (including phenoxy) is 1. The molecule has 2 amide bonds. The zero-order valence-electron chi connectivity index (χ0n) is 15.1. The summed E-state index contributed by atoms with van der Waals surface area (Å²) in [6.07, 6.45) is -5.35. The Balaban J connectivity index is 1.58. The highest BCUT2D eigenvalue weighted by Gasteiger charge is 2.38. The molecule has 1 aromatic heterocycles. The normalized spacial score (nSPS) is 16.1. The smallest absolute Gasteiger partial charge is 0.449 e. The highest BCUT2D eigenvalue weighted by atomic mass is 19.4. The van der Waals surface area contributed by atoms with E-state index in [4.69, 9.17) is 4.74 Å². The minimum absolute atomic E-state index is 0.149. The van der Waals surface area contributed by atoms with Crippen LogP contribution in [0.2, 0.25) is 0 Å². The van der Waals surface area contributed by atoms with Crippen LogP contribution in [0.3, 0.4) is 0 Å². The molecule has 150 valence electrons. The first-order valence-electron chi connectivity index (χ1n) is 8.66. The van der Waals surface area contributed by atoms with Crippen molar-refractivity contribution in [3.63, 3.8) is 0 Å². The number of benzene rings is 2. The van der Waals surface area contributed by atoms with Gasteiger partial charge in [-0.25, -0.2) is 4.98 Å². The number of halogens is 3. The SMILES string of the molecule is C[C@@H]1Oc2ccc(NC(=O)Cn3c(C(F)(F)F)nc4ccccc43)cc2NC1=O. The molecule has 0 aliphatic carbocycles. The highest BCUT2D eigenvalue weighted by Crippen LogP contribution is 2.33. The molecule has 0 bridgehead atoms. The summed E-state index contributed by atoms with van der Waals surface area (Å²) in [5.41, 5.74) is 1.03. The van der Waals surface area contributed by atoms with Crippen molar-refractivity contribution < 1.29 is 27.5 Å². The first kappa shape index (κ1) is 18.8. The second-order valence-electron chi connectivity index (χ2n) is 6.52. The van der Waals surface area contributed by atoms with Gasteiger partial charge in [-0.2, -0.15) is 13.2 Å². The number of nitrogens with zero attached hydrogens (tertiary/aromatic N) is 2. The molecule has 7 nitrogen and oxygen atoms in total. The number of nitrogens with one attached hydrogen (secondary N) is 2. The molecule has 0 saturated heterocycles. The molecule has 1 aliphatic rings. The number of anilines is 2. The number of alkyl halides is 3. The Hall–Kier alpha value is -3.56. The first-order chi connectivity index (χ1) is 13.7. The lowest BCUT2D eigenvalue weighted by atomic mass is 10.2. The lowest BCUT2D eigenvalue weighted by Gasteiger charge is -2.23. The van der Waals surface area contributed by atoms with Crippen molar-refractivity contribution in [3.05, 3.63) is 48.3 Å². The van der Waals surface area contributed by atoms with Crippen LogP contribution >= 0.6 is 0 Å². The van der Waals surface area contributed by atoms with Gasteiger partial charge in [-0.1, -0.05) is 12.1 Å². The van der Waals surface area contributed by atoms with Crippen LogP contribution in [-0.4, -0.2) is 27.5 Å². The van der Waals surface area contributed by atoms with Crippen LogP contribution < -0.4 is 15.4 Å². The lowest BCUT2D eigenvalue weighted by molar-refractivity contribution is -0.147. The molecule has 29 heavy (non-hydrogen) atoms. The van der Waals surface area contributed by atoms with Gasteiger partial charge in [0.05, 0.1) is 16.7 Å². The van der Waals surface area contributed by atoms with E-state index in [9.17, 15) is 22.8 Å². The Bertz CT molecular complexity index is 1120. The molecule has 0 spiro atoms. The number of rotatable bonds is 3. The van der Waals surface area contributed by atoms with Crippen LogP contribution in [0.15, 0.2) is 42.5 Å². The van der Waals surface area contributed by atoms with E-state index in [-0.39, 0.29) is 16.9 Å². The van der Waals surface area contributed by atoms with E-state index in [1.807, 2.05) is 0 Å². The molecule has 0 radical (unpaired) electrons. The van der Waals surface area contributed by atoms with Crippen LogP contribution in [0.1, 0.15) is 12.7 Å². The molecule has 1 atom stereocenters. The average molecular weight is 404 g/mol. The van der Waals surface area contributed by atoms with Crippen molar-refractivity contribution in [2.75, 3.05) is 10.6 Å². The fraction of sp³-hybridized carbons (Fsp3) is 0.211. The molecule has 3 aromatic rings. The quantitative estimate of drug-likeness (QED) is 0.701. The fourth-order valence-electron chi connectivity index (χ4n) is 3.08. The number of carbonyl (C=O) groups excluding carboxylic acids is 2. The van der Waals surface area contributed by atoms with Gasteiger partial charge in [0, 0.05) is 5.69 Å². The molecular formula is C19H15F3N4O3. The summed E-state index contributed by atoms with van der Waals surface area (Å²) in [7, 11) is 0. The number of carbonyl (C=O) groups is 2. The van der Waals surface area contributed by atoms with E-state index >= 15 is 0 Å². The standard InChI is InChI=1S/C19H15F3N4O3/c1-10-17(28)24-13-8-11(6-7-15(13)29-10)23-16(27)9-26-14-5-3-2-4-12(14)25-18(26)19(20,21)22/h2-8,10H,9H2,1H3,(H,23,27)(H,24,28)/t10-/m0/s1. The maximum Gasteiger partial charge on any atom is 0.449 e. The molecule has 10 heteroatoms. The minimum Gasteiger partial charge on any atom is -0.479 e. The molecule has 1 aliphatic heterocycles. The van der Waals surface area contributed by atoms with Crippen LogP contribution in [0.25, 0.3) is 11.0 Å². The van der Waals surface area contributed by atoms with E-state index in [1.54, 1.807) is 25.1 Å². The number of para-hydroxylation sites is 2. The number of aromatic nitrogens is 2. The predicted molar refractivity (Wildman–Crippen MR) is 98.5 cm³/mol. The number of hydrogen-bond acceptors (Lipinski definition) is 4. The van der Waals surface area contributed by atoms with Gasteiger partial charge in [0.25, 0.3) is 5.91 Å². The molecule has 4 rings (SSSR count).